The maximum atomic E-state index is 12.4. The van der Waals surface area contributed by atoms with Gasteiger partial charge in [0.15, 0.2) is 11.0 Å². The van der Waals surface area contributed by atoms with Crippen LogP contribution in [0.25, 0.3) is 11.4 Å². The van der Waals surface area contributed by atoms with Gasteiger partial charge in [-0.15, -0.1) is 10.2 Å². The number of rotatable bonds is 9. The van der Waals surface area contributed by atoms with Crippen LogP contribution in [0.1, 0.15) is 32.8 Å². The third-order valence-corrected chi connectivity index (χ3v) is 6.84. The van der Waals surface area contributed by atoms with E-state index in [1.54, 1.807) is 24.1 Å². The van der Waals surface area contributed by atoms with E-state index in [-0.39, 0.29) is 5.91 Å². The molecule has 7 heteroatoms. The average Bonchev–Trinajstić information content (AvgIpc) is 3.58. The topological polar surface area (TPSA) is 73.0 Å². The van der Waals surface area contributed by atoms with Crippen LogP contribution in [0.3, 0.4) is 0 Å². The summed E-state index contributed by atoms with van der Waals surface area (Å²) >= 11 is 1.64. The molecular weight excluding hydrogens is 468 g/mol. The number of nitrogens with one attached hydrogen (secondary N) is 1. The van der Waals surface area contributed by atoms with Crippen molar-refractivity contribution < 1.29 is 9.21 Å². The van der Waals surface area contributed by atoms with Gasteiger partial charge in [-0.2, -0.15) is 0 Å². The van der Waals surface area contributed by atoms with Crippen molar-refractivity contribution in [1.29, 1.82) is 0 Å². The molecule has 0 saturated heterocycles. The molecule has 1 amide bonds. The Bertz CT molecular complexity index is 1410. The molecular formula is C29H26N4O2S. The van der Waals surface area contributed by atoms with E-state index in [2.05, 4.69) is 63.4 Å². The van der Waals surface area contributed by atoms with E-state index < -0.39 is 0 Å². The molecule has 3 aromatic carbocycles. The summed E-state index contributed by atoms with van der Waals surface area (Å²) in [6.07, 6.45) is 1.60. The molecule has 0 atom stereocenters. The average molecular weight is 495 g/mol. The molecule has 0 saturated carbocycles. The van der Waals surface area contributed by atoms with Crippen LogP contribution in [-0.2, 0) is 18.8 Å². The second-order valence-electron chi connectivity index (χ2n) is 8.49. The fourth-order valence-corrected chi connectivity index (χ4v) is 4.70. The van der Waals surface area contributed by atoms with Crippen LogP contribution in [0.5, 0.6) is 0 Å². The first-order valence-electron chi connectivity index (χ1n) is 11.7. The van der Waals surface area contributed by atoms with Crippen molar-refractivity contribution in [3.63, 3.8) is 0 Å². The minimum absolute atomic E-state index is 0.129. The highest BCUT2D eigenvalue weighted by Gasteiger charge is 2.15. The molecule has 0 aliphatic carbocycles. The first-order valence-corrected chi connectivity index (χ1v) is 12.7. The van der Waals surface area contributed by atoms with Crippen LogP contribution in [0, 0.1) is 6.92 Å². The molecule has 0 spiro atoms. The Morgan fingerprint density at radius 2 is 1.67 bits per heavy atom. The van der Waals surface area contributed by atoms with Gasteiger partial charge in [-0.05, 0) is 42.3 Å². The van der Waals surface area contributed by atoms with Crippen LogP contribution < -0.4 is 5.32 Å². The number of carbonyl (C=O) groups excluding carboxylic acids is 1. The zero-order chi connectivity index (χ0) is 24.7. The Morgan fingerprint density at radius 1 is 0.889 bits per heavy atom. The number of hydrogen-bond acceptors (Lipinski definition) is 5. The van der Waals surface area contributed by atoms with E-state index >= 15 is 0 Å². The number of amides is 1. The quantitative estimate of drug-likeness (QED) is 0.250. The van der Waals surface area contributed by atoms with E-state index in [4.69, 9.17) is 4.42 Å². The molecule has 36 heavy (non-hydrogen) atoms. The molecule has 180 valence electrons. The summed E-state index contributed by atoms with van der Waals surface area (Å²) in [5, 5.41) is 12.8. The van der Waals surface area contributed by atoms with Gasteiger partial charge in [0.2, 0.25) is 0 Å². The highest BCUT2D eigenvalue weighted by atomic mass is 32.2. The maximum Gasteiger partial charge on any atom is 0.251 e. The first-order chi connectivity index (χ1) is 17.7. The Hall–Kier alpha value is -4.10. The zero-order valence-electron chi connectivity index (χ0n) is 19.9. The molecule has 0 bridgehead atoms. The number of aryl methyl sites for hydroxylation is 1. The van der Waals surface area contributed by atoms with Crippen molar-refractivity contribution in [2.45, 2.75) is 30.9 Å². The molecule has 0 unspecified atom stereocenters. The molecule has 5 aromatic rings. The Morgan fingerprint density at radius 3 is 2.39 bits per heavy atom. The fourth-order valence-electron chi connectivity index (χ4n) is 3.80. The summed E-state index contributed by atoms with van der Waals surface area (Å²) in [6, 6.07) is 30.0. The fraction of sp³-hybridized carbons (Fsp3) is 0.138. The third kappa shape index (κ3) is 5.75. The molecule has 0 radical (unpaired) electrons. The van der Waals surface area contributed by atoms with E-state index in [0.29, 0.717) is 18.7 Å². The summed E-state index contributed by atoms with van der Waals surface area (Å²) < 4.78 is 7.43. The van der Waals surface area contributed by atoms with E-state index in [1.165, 1.54) is 11.1 Å². The van der Waals surface area contributed by atoms with Gasteiger partial charge in [0.05, 0.1) is 19.4 Å². The Labute approximate surface area is 214 Å². The highest BCUT2D eigenvalue weighted by molar-refractivity contribution is 7.98. The number of furan rings is 1. The van der Waals surface area contributed by atoms with Crippen molar-refractivity contribution in [1.82, 2.24) is 20.1 Å². The predicted molar refractivity (Wildman–Crippen MR) is 142 cm³/mol. The minimum atomic E-state index is -0.129. The minimum Gasteiger partial charge on any atom is -0.467 e. The lowest BCUT2D eigenvalue weighted by Gasteiger charge is -2.11. The van der Waals surface area contributed by atoms with Crippen LogP contribution in [0.4, 0.5) is 0 Å². The number of aromatic nitrogens is 3. The molecule has 0 aliphatic heterocycles. The van der Waals surface area contributed by atoms with Gasteiger partial charge in [-0.25, -0.2) is 0 Å². The zero-order valence-corrected chi connectivity index (χ0v) is 20.7. The van der Waals surface area contributed by atoms with Crippen molar-refractivity contribution >= 4 is 17.7 Å². The molecule has 5 rings (SSSR count). The number of benzene rings is 3. The van der Waals surface area contributed by atoms with Gasteiger partial charge in [0.25, 0.3) is 5.91 Å². The number of nitrogens with zero attached hydrogens (tertiary/aromatic N) is 3. The van der Waals surface area contributed by atoms with Crippen LogP contribution in [0.15, 0.2) is 107 Å². The molecule has 0 fully saturated rings. The first kappa shape index (κ1) is 23.6. The van der Waals surface area contributed by atoms with E-state index in [1.807, 2.05) is 48.5 Å². The molecule has 0 aliphatic rings. The molecule has 1 N–H and O–H groups in total. The van der Waals surface area contributed by atoms with Gasteiger partial charge < -0.3 is 9.73 Å². The van der Waals surface area contributed by atoms with Crippen LogP contribution in [-0.4, -0.2) is 20.7 Å². The van der Waals surface area contributed by atoms with E-state index in [0.717, 1.165) is 33.6 Å². The Balaban J connectivity index is 1.29. The normalized spacial score (nSPS) is 10.9. The molecule has 2 aromatic heterocycles. The summed E-state index contributed by atoms with van der Waals surface area (Å²) in [5.41, 5.74) is 5.16. The lowest BCUT2D eigenvalue weighted by Crippen LogP contribution is -2.22. The second-order valence-corrected chi connectivity index (χ2v) is 9.43. The predicted octanol–water partition coefficient (Wildman–Crippen LogP) is 6.12. The van der Waals surface area contributed by atoms with Gasteiger partial charge in [0.1, 0.15) is 5.76 Å². The van der Waals surface area contributed by atoms with Crippen molar-refractivity contribution in [3.8, 4) is 11.4 Å². The number of thioether (sulfide) groups is 1. The SMILES string of the molecule is Cc1ccc(-c2nnc(SCc3ccc(C(=O)NCc4ccco4)cc3)n2Cc2ccccc2)cc1. The molecule has 6 nitrogen and oxygen atoms in total. The summed E-state index contributed by atoms with van der Waals surface area (Å²) in [4.78, 5) is 12.4. The second kappa shape index (κ2) is 11.1. The lowest BCUT2D eigenvalue weighted by molar-refractivity contribution is 0.0948. The summed E-state index contributed by atoms with van der Waals surface area (Å²) in [7, 11) is 0. The van der Waals surface area contributed by atoms with Crippen LogP contribution in [0.2, 0.25) is 0 Å². The number of carbonyl (C=O) groups is 1. The standard InChI is InChI=1S/C29H26N4O2S/c1-21-9-13-24(14-10-21)27-31-32-29(33(27)19-22-6-3-2-4-7-22)36-20-23-11-15-25(16-12-23)28(34)30-18-26-8-5-17-35-26/h2-17H,18-20H2,1H3,(H,30,34). The smallest absolute Gasteiger partial charge is 0.251 e. The van der Waals surface area contributed by atoms with Crippen molar-refractivity contribution in [2.75, 3.05) is 0 Å². The summed E-state index contributed by atoms with van der Waals surface area (Å²) in [6.45, 7) is 3.13. The summed E-state index contributed by atoms with van der Waals surface area (Å²) in [5.74, 6) is 2.16. The molecule has 2 heterocycles. The Kier molecular flexibility index (Phi) is 7.28. The largest absolute Gasteiger partial charge is 0.467 e. The number of hydrogen-bond donors (Lipinski definition) is 1. The maximum absolute atomic E-state index is 12.4. The van der Waals surface area contributed by atoms with Crippen molar-refractivity contribution in [2.24, 2.45) is 0 Å². The third-order valence-electron chi connectivity index (χ3n) is 5.80. The van der Waals surface area contributed by atoms with Crippen LogP contribution >= 0.6 is 11.8 Å². The highest BCUT2D eigenvalue weighted by Crippen LogP contribution is 2.28. The lowest BCUT2D eigenvalue weighted by atomic mass is 10.1. The van der Waals surface area contributed by atoms with Gasteiger partial charge in [-0.3, -0.25) is 9.36 Å². The van der Waals surface area contributed by atoms with Crippen molar-refractivity contribution in [3.05, 3.63) is 125 Å². The van der Waals surface area contributed by atoms with Gasteiger partial charge >= 0.3 is 0 Å². The van der Waals surface area contributed by atoms with E-state index in [9.17, 15) is 4.79 Å². The van der Waals surface area contributed by atoms with Gasteiger partial charge in [-0.1, -0.05) is 84.1 Å². The van der Waals surface area contributed by atoms with Gasteiger partial charge in [0, 0.05) is 16.9 Å². The monoisotopic (exact) mass is 494 g/mol.